The minimum Gasteiger partial charge on any atom is -0.478 e. The molecule has 0 radical (unpaired) electrons. The highest BCUT2D eigenvalue weighted by atomic mass is 32.2. The first-order chi connectivity index (χ1) is 10.4. The van der Waals surface area contributed by atoms with Crippen molar-refractivity contribution in [3.8, 4) is 0 Å². The second-order valence-electron chi connectivity index (χ2n) is 4.49. The summed E-state index contributed by atoms with van der Waals surface area (Å²) in [6.45, 7) is 1.77. The lowest BCUT2D eigenvalue weighted by Gasteiger charge is -2.09. The molecule has 0 bridgehead atoms. The van der Waals surface area contributed by atoms with E-state index in [1.807, 2.05) is 0 Å². The predicted octanol–water partition coefficient (Wildman–Crippen LogP) is 3.65. The summed E-state index contributed by atoms with van der Waals surface area (Å²) < 4.78 is 16.4. The minimum atomic E-state index is -1.32. The van der Waals surface area contributed by atoms with Gasteiger partial charge in [0.2, 0.25) is 0 Å². The molecule has 0 fully saturated rings. The number of aryl methyl sites for hydroxylation is 1. The fourth-order valence-electron chi connectivity index (χ4n) is 1.76. The number of hydrogen-bond acceptors (Lipinski definition) is 4. The number of carbonyl (C=O) groups is 2. The van der Waals surface area contributed by atoms with Crippen LogP contribution in [-0.4, -0.2) is 22.2 Å². The highest BCUT2D eigenvalue weighted by Gasteiger charge is 2.11. The van der Waals surface area contributed by atoms with Crippen LogP contribution < -0.4 is 4.72 Å². The molecule has 0 aromatic heterocycles. The lowest BCUT2D eigenvalue weighted by atomic mass is 10.1. The van der Waals surface area contributed by atoms with Crippen molar-refractivity contribution in [1.29, 1.82) is 0 Å². The lowest BCUT2D eigenvalue weighted by Crippen LogP contribution is -2.01. The Morgan fingerprint density at radius 1 is 1.09 bits per heavy atom. The largest absolute Gasteiger partial charge is 0.478 e. The molecule has 0 unspecified atom stereocenters. The monoisotopic (exact) mass is 321 g/mol. The Morgan fingerprint density at radius 3 is 2.36 bits per heavy atom. The average Bonchev–Trinajstić information content (AvgIpc) is 2.45. The maximum absolute atomic E-state index is 13.6. The first-order valence-electron chi connectivity index (χ1n) is 6.18. The molecule has 2 aromatic rings. The Morgan fingerprint density at radius 2 is 1.82 bits per heavy atom. The van der Waals surface area contributed by atoms with Crippen molar-refractivity contribution >= 4 is 29.6 Å². The van der Waals surface area contributed by atoms with Gasteiger partial charge in [-0.2, -0.15) is 0 Å². The topological polar surface area (TPSA) is 86.6 Å². The smallest absolute Gasteiger partial charge is 0.338 e. The van der Waals surface area contributed by atoms with E-state index < -0.39 is 23.3 Å². The first kappa shape index (κ1) is 15.8. The minimum absolute atomic E-state index is 0.193. The molecule has 22 heavy (non-hydrogen) atoms. The fourth-order valence-corrected chi connectivity index (χ4v) is 2.47. The summed E-state index contributed by atoms with van der Waals surface area (Å²) in [4.78, 5) is 22.4. The third-order valence-electron chi connectivity index (χ3n) is 2.90. The molecular weight excluding hydrogens is 309 g/mol. The van der Waals surface area contributed by atoms with Crippen molar-refractivity contribution in [2.75, 3.05) is 4.72 Å². The van der Waals surface area contributed by atoms with Gasteiger partial charge in [0.15, 0.2) is 0 Å². The quantitative estimate of drug-likeness (QED) is 0.729. The van der Waals surface area contributed by atoms with E-state index in [-0.39, 0.29) is 5.56 Å². The van der Waals surface area contributed by atoms with Crippen molar-refractivity contribution in [1.82, 2.24) is 0 Å². The van der Waals surface area contributed by atoms with Crippen molar-refractivity contribution < 1.29 is 24.2 Å². The molecule has 0 heterocycles. The van der Waals surface area contributed by atoms with Gasteiger partial charge in [-0.05, 0) is 60.8 Å². The molecule has 0 saturated heterocycles. The van der Waals surface area contributed by atoms with E-state index in [4.69, 9.17) is 10.2 Å². The Labute approximate surface area is 129 Å². The third-order valence-corrected chi connectivity index (χ3v) is 3.92. The molecule has 114 valence electrons. The van der Waals surface area contributed by atoms with Crippen LogP contribution in [0.2, 0.25) is 0 Å². The standard InChI is InChI=1S/C15H12FNO4S/c1-8-6-9(14(18)19)2-5-13(8)22-17-10-3-4-11(15(20)21)12(16)7-10/h2-7,17H,1H3,(H,18,19)(H,20,21). The summed E-state index contributed by atoms with van der Waals surface area (Å²) in [6, 6.07) is 8.41. The summed E-state index contributed by atoms with van der Waals surface area (Å²) in [5.74, 6) is -3.15. The maximum atomic E-state index is 13.6. The lowest BCUT2D eigenvalue weighted by molar-refractivity contribution is 0.0683. The van der Waals surface area contributed by atoms with Crippen molar-refractivity contribution in [3.63, 3.8) is 0 Å². The summed E-state index contributed by atoms with van der Waals surface area (Å²) in [6.07, 6.45) is 0. The molecule has 0 aliphatic heterocycles. The molecule has 0 spiro atoms. The van der Waals surface area contributed by atoms with E-state index in [0.717, 1.165) is 16.5 Å². The van der Waals surface area contributed by atoms with E-state index >= 15 is 0 Å². The van der Waals surface area contributed by atoms with Crippen LogP contribution in [0, 0.1) is 12.7 Å². The number of halogens is 1. The number of nitrogens with one attached hydrogen (secondary N) is 1. The third kappa shape index (κ3) is 3.56. The van der Waals surface area contributed by atoms with E-state index in [1.165, 1.54) is 30.1 Å². The number of carboxylic acids is 2. The Bertz CT molecular complexity index is 748. The maximum Gasteiger partial charge on any atom is 0.338 e. The van der Waals surface area contributed by atoms with Crippen LogP contribution in [0.4, 0.5) is 10.1 Å². The van der Waals surface area contributed by atoms with Crippen molar-refractivity contribution in [3.05, 3.63) is 58.9 Å². The molecule has 2 rings (SSSR count). The first-order valence-corrected chi connectivity index (χ1v) is 7.00. The number of rotatable bonds is 5. The van der Waals surface area contributed by atoms with E-state index in [9.17, 15) is 14.0 Å². The van der Waals surface area contributed by atoms with Crippen LogP contribution in [0.25, 0.3) is 0 Å². The normalized spacial score (nSPS) is 10.3. The molecule has 2 aromatic carbocycles. The summed E-state index contributed by atoms with van der Waals surface area (Å²) in [5.41, 5.74) is 0.977. The zero-order valence-electron chi connectivity index (χ0n) is 11.5. The molecule has 3 N–H and O–H groups in total. The Hall–Kier alpha value is -2.54. The molecular formula is C15H12FNO4S. The summed E-state index contributed by atoms with van der Waals surface area (Å²) >= 11 is 1.19. The van der Waals surface area contributed by atoms with Gasteiger partial charge in [0.1, 0.15) is 5.82 Å². The van der Waals surface area contributed by atoms with Crippen LogP contribution in [0.5, 0.6) is 0 Å². The molecule has 5 nitrogen and oxygen atoms in total. The van der Waals surface area contributed by atoms with Gasteiger partial charge in [0.25, 0.3) is 0 Å². The van der Waals surface area contributed by atoms with Gasteiger partial charge in [0, 0.05) is 10.6 Å². The van der Waals surface area contributed by atoms with Gasteiger partial charge in [-0.3, -0.25) is 0 Å². The number of carboxylic acid groups (broad SMARTS) is 2. The van der Waals surface area contributed by atoms with Gasteiger partial charge in [0.05, 0.1) is 11.1 Å². The molecule has 7 heteroatoms. The van der Waals surface area contributed by atoms with Crippen molar-refractivity contribution in [2.24, 2.45) is 0 Å². The number of benzene rings is 2. The van der Waals surface area contributed by atoms with Gasteiger partial charge in [-0.25, -0.2) is 14.0 Å². The van der Waals surface area contributed by atoms with Crippen LogP contribution in [0.3, 0.4) is 0 Å². The van der Waals surface area contributed by atoms with Gasteiger partial charge in [-0.1, -0.05) is 0 Å². The molecule has 0 atom stereocenters. The Kier molecular flexibility index (Phi) is 4.67. The number of aromatic carboxylic acids is 2. The number of hydrogen-bond donors (Lipinski definition) is 3. The summed E-state index contributed by atoms with van der Waals surface area (Å²) in [7, 11) is 0. The number of anilines is 1. The van der Waals surface area contributed by atoms with Gasteiger partial charge < -0.3 is 14.9 Å². The highest BCUT2D eigenvalue weighted by Crippen LogP contribution is 2.26. The van der Waals surface area contributed by atoms with E-state index in [1.54, 1.807) is 19.1 Å². The second-order valence-corrected chi connectivity index (χ2v) is 5.34. The van der Waals surface area contributed by atoms with Crippen LogP contribution >= 0.6 is 11.9 Å². The molecule has 0 aliphatic carbocycles. The van der Waals surface area contributed by atoms with Crippen molar-refractivity contribution in [2.45, 2.75) is 11.8 Å². The van der Waals surface area contributed by atoms with E-state index in [2.05, 4.69) is 4.72 Å². The Balaban J connectivity index is 2.12. The van der Waals surface area contributed by atoms with Gasteiger partial charge in [-0.15, -0.1) is 0 Å². The van der Waals surface area contributed by atoms with Crippen LogP contribution in [0.15, 0.2) is 41.3 Å². The summed E-state index contributed by atoms with van der Waals surface area (Å²) in [5, 5.41) is 17.7. The zero-order valence-corrected chi connectivity index (χ0v) is 12.3. The molecule has 0 amide bonds. The predicted molar refractivity (Wildman–Crippen MR) is 81.0 cm³/mol. The second kappa shape index (κ2) is 6.48. The highest BCUT2D eigenvalue weighted by molar-refractivity contribution is 8.00. The molecule has 0 aliphatic rings. The average molecular weight is 321 g/mol. The van der Waals surface area contributed by atoms with Crippen LogP contribution in [0.1, 0.15) is 26.3 Å². The van der Waals surface area contributed by atoms with E-state index in [0.29, 0.717) is 5.69 Å². The van der Waals surface area contributed by atoms with Crippen LogP contribution in [-0.2, 0) is 0 Å². The fraction of sp³-hybridized carbons (Fsp3) is 0.0667. The van der Waals surface area contributed by atoms with Gasteiger partial charge >= 0.3 is 11.9 Å². The molecule has 0 saturated carbocycles. The zero-order chi connectivity index (χ0) is 16.3. The SMILES string of the molecule is Cc1cc(C(=O)O)ccc1SNc1ccc(C(=O)O)c(F)c1.